The highest BCUT2D eigenvalue weighted by molar-refractivity contribution is 5.85. The second kappa shape index (κ2) is 6.72. The fourth-order valence-corrected chi connectivity index (χ4v) is 5.43. The average molecular weight is 335 g/mol. The van der Waals surface area contributed by atoms with Gasteiger partial charge in [0.2, 0.25) is 5.91 Å². The van der Waals surface area contributed by atoms with Crippen molar-refractivity contribution in [2.45, 2.75) is 51.0 Å². The lowest BCUT2D eigenvalue weighted by atomic mass is 9.54. The minimum Gasteiger partial charge on any atom is -0.399 e. The van der Waals surface area contributed by atoms with Crippen LogP contribution in [0.4, 0.5) is 5.69 Å². The normalized spacial score (nSPS) is 34.0. The van der Waals surface area contributed by atoms with E-state index in [9.17, 15) is 4.79 Å². The van der Waals surface area contributed by atoms with Gasteiger partial charge in [-0.25, -0.2) is 0 Å². The number of amides is 1. The maximum Gasteiger partial charge on any atom is 0.220 e. The zero-order valence-electron chi connectivity index (χ0n) is 13.5. The van der Waals surface area contributed by atoms with E-state index in [-0.39, 0.29) is 18.3 Å². The Morgan fingerprint density at radius 2 is 1.65 bits per heavy atom. The van der Waals surface area contributed by atoms with E-state index in [1.54, 1.807) is 0 Å². The van der Waals surface area contributed by atoms with Crippen LogP contribution in [0.15, 0.2) is 24.3 Å². The third kappa shape index (κ3) is 3.35. The maximum absolute atomic E-state index is 12.4. The molecule has 4 aliphatic carbocycles. The predicted octanol–water partition coefficient (Wildman–Crippen LogP) is 3.56. The van der Waals surface area contributed by atoms with Crippen LogP contribution in [0.5, 0.6) is 0 Å². The van der Waals surface area contributed by atoms with Crippen LogP contribution in [0.25, 0.3) is 0 Å². The first-order valence-corrected chi connectivity index (χ1v) is 8.82. The van der Waals surface area contributed by atoms with Crippen LogP contribution in [-0.4, -0.2) is 11.9 Å². The monoisotopic (exact) mass is 334 g/mol. The fraction of sp³-hybridized carbons (Fsp3) is 0.632. The number of para-hydroxylation sites is 1. The molecule has 5 rings (SSSR count). The van der Waals surface area contributed by atoms with Gasteiger partial charge in [-0.1, -0.05) is 18.2 Å². The van der Waals surface area contributed by atoms with E-state index in [0.717, 1.165) is 41.3 Å². The quantitative estimate of drug-likeness (QED) is 0.827. The van der Waals surface area contributed by atoms with Gasteiger partial charge in [0.05, 0.1) is 0 Å². The van der Waals surface area contributed by atoms with Crippen molar-refractivity contribution >= 4 is 24.0 Å². The Kier molecular flexibility index (Phi) is 4.86. The average Bonchev–Trinajstić information content (AvgIpc) is 2.49. The first kappa shape index (κ1) is 16.6. The van der Waals surface area contributed by atoms with Crippen LogP contribution in [0.2, 0.25) is 0 Å². The highest BCUT2D eigenvalue weighted by Gasteiger charge is 2.48. The molecule has 0 spiro atoms. The minimum absolute atomic E-state index is 0. The number of nitrogens with one attached hydrogen (secondary N) is 1. The Morgan fingerprint density at radius 1 is 1.04 bits per heavy atom. The van der Waals surface area contributed by atoms with E-state index >= 15 is 0 Å². The molecular formula is C19H27ClN2O. The van der Waals surface area contributed by atoms with E-state index in [0.29, 0.717) is 12.5 Å². The van der Waals surface area contributed by atoms with E-state index in [2.05, 4.69) is 5.32 Å². The third-order valence-electron chi connectivity index (χ3n) is 6.23. The van der Waals surface area contributed by atoms with Crippen LogP contribution in [0.1, 0.15) is 44.1 Å². The molecule has 0 aromatic heterocycles. The summed E-state index contributed by atoms with van der Waals surface area (Å²) in [7, 11) is 0. The summed E-state index contributed by atoms with van der Waals surface area (Å²) in [6.07, 6.45) is 8.16. The second-order valence-corrected chi connectivity index (χ2v) is 7.72. The summed E-state index contributed by atoms with van der Waals surface area (Å²) in [5, 5.41) is 3.37. The topological polar surface area (TPSA) is 55.1 Å². The first-order valence-electron chi connectivity index (χ1n) is 8.82. The van der Waals surface area contributed by atoms with E-state index in [1.807, 2.05) is 24.3 Å². The van der Waals surface area contributed by atoms with Gasteiger partial charge in [-0.05, 0) is 73.8 Å². The van der Waals surface area contributed by atoms with Gasteiger partial charge in [0.1, 0.15) is 0 Å². The van der Waals surface area contributed by atoms with Crippen molar-refractivity contribution in [2.75, 3.05) is 5.73 Å². The summed E-state index contributed by atoms with van der Waals surface area (Å²) in [5.41, 5.74) is 7.84. The second-order valence-electron chi connectivity index (χ2n) is 7.72. The van der Waals surface area contributed by atoms with Crippen molar-refractivity contribution in [3.05, 3.63) is 29.8 Å². The van der Waals surface area contributed by atoms with Crippen LogP contribution < -0.4 is 11.1 Å². The number of anilines is 1. The summed E-state index contributed by atoms with van der Waals surface area (Å²) in [6.45, 7) is 0. The summed E-state index contributed by atoms with van der Waals surface area (Å²) in [6, 6.07) is 8.30. The Balaban J connectivity index is 0.00000156. The van der Waals surface area contributed by atoms with Crippen LogP contribution in [0.3, 0.4) is 0 Å². The van der Waals surface area contributed by atoms with Gasteiger partial charge in [-0.15, -0.1) is 12.4 Å². The van der Waals surface area contributed by atoms with Crippen LogP contribution >= 0.6 is 12.4 Å². The number of aryl methyl sites for hydroxylation is 1. The van der Waals surface area contributed by atoms with E-state index < -0.39 is 0 Å². The summed E-state index contributed by atoms with van der Waals surface area (Å²) in [5.74, 6) is 3.63. The fourth-order valence-electron chi connectivity index (χ4n) is 5.43. The number of nitrogens with two attached hydrogens (primary N) is 1. The van der Waals surface area contributed by atoms with Gasteiger partial charge in [0.15, 0.2) is 0 Å². The lowest BCUT2D eigenvalue weighted by Crippen LogP contribution is -2.55. The molecule has 1 aromatic carbocycles. The molecule has 3 N–H and O–H groups in total. The largest absolute Gasteiger partial charge is 0.399 e. The highest BCUT2D eigenvalue weighted by Crippen LogP contribution is 2.53. The van der Waals surface area contributed by atoms with Crippen LogP contribution in [0, 0.1) is 23.7 Å². The van der Waals surface area contributed by atoms with Crippen molar-refractivity contribution in [2.24, 2.45) is 23.7 Å². The maximum atomic E-state index is 12.4. The molecule has 4 saturated carbocycles. The molecule has 4 fully saturated rings. The first-order chi connectivity index (χ1) is 10.7. The molecule has 1 amide bonds. The summed E-state index contributed by atoms with van der Waals surface area (Å²) in [4.78, 5) is 12.4. The van der Waals surface area contributed by atoms with Gasteiger partial charge in [0, 0.05) is 18.2 Å². The Hall–Kier alpha value is -1.22. The molecule has 4 bridgehead atoms. The number of carbonyl (C=O) groups excluding carboxylic acids is 1. The van der Waals surface area contributed by atoms with E-state index in [1.165, 1.54) is 32.1 Å². The van der Waals surface area contributed by atoms with Crippen molar-refractivity contribution in [1.82, 2.24) is 5.32 Å². The molecule has 0 aliphatic heterocycles. The smallest absolute Gasteiger partial charge is 0.220 e. The van der Waals surface area contributed by atoms with Gasteiger partial charge in [-0.2, -0.15) is 0 Å². The predicted molar refractivity (Wildman–Crippen MR) is 95.4 cm³/mol. The van der Waals surface area contributed by atoms with Crippen LogP contribution in [-0.2, 0) is 11.2 Å². The van der Waals surface area contributed by atoms with Crippen molar-refractivity contribution in [3.63, 3.8) is 0 Å². The lowest BCUT2D eigenvalue weighted by molar-refractivity contribution is -0.125. The Labute approximate surface area is 144 Å². The molecule has 4 heteroatoms. The van der Waals surface area contributed by atoms with E-state index in [4.69, 9.17) is 5.73 Å². The third-order valence-corrected chi connectivity index (χ3v) is 6.23. The van der Waals surface area contributed by atoms with Gasteiger partial charge >= 0.3 is 0 Å². The standard InChI is InChI=1S/C19H26N2O.ClH/c20-17-4-2-1-3-14(17)5-6-18(22)21-19-15-8-12-7-13(10-15)11-16(19)9-12;/h1-4,12-13,15-16,19H,5-11,20H2,(H,21,22);1H. The zero-order chi connectivity index (χ0) is 15.1. The lowest BCUT2D eigenvalue weighted by Gasteiger charge is -2.54. The van der Waals surface area contributed by atoms with Crippen molar-refractivity contribution in [3.8, 4) is 0 Å². The molecule has 0 saturated heterocycles. The van der Waals surface area contributed by atoms with Gasteiger partial charge in [-0.3, -0.25) is 4.79 Å². The zero-order valence-corrected chi connectivity index (χ0v) is 14.4. The number of hydrogen-bond acceptors (Lipinski definition) is 2. The number of nitrogen functional groups attached to an aromatic ring is 1. The molecule has 1 aromatic rings. The van der Waals surface area contributed by atoms with Gasteiger partial charge in [0.25, 0.3) is 0 Å². The summed E-state index contributed by atoms with van der Waals surface area (Å²) >= 11 is 0. The number of hydrogen-bond donors (Lipinski definition) is 2. The SMILES string of the molecule is Cl.Nc1ccccc1CCC(=O)NC1C2CC3CC(C2)CC1C3. The number of halogens is 1. The number of rotatable bonds is 4. The van der Waals surface area contributed by atoms with Crippen molar-refractivity contribution in [1.29, 1.82) is 0 Å². The molecule has 0 unspecified atom stereocenters. The molecule has 23 heavy (non-hydrogen) atoms. The van der Waals surface area contributed by atoms with Crippen molar-refractivity contribution < 1.29 is 4.79 Å². The highest BCUT2D eigenvalue weighted by atomic mass is 35.5. The summed E-state index contributed by atoms with van der Waals surface area (Å²) < 4.78 is 0. The molecular weight excluding hydrogens is 308 g/mol. The molecule has 0 radical (unpaired) electrons. The number of carbonyl (C=O) groups is 1. The Morgan fingerprint density at radius 3 is 2.26 bits per heavy atom. The molecule has 0 atom stereocenters. The molecule has 3 nitrogen and oxygen atoms in total. The minimum atomic E-state index is 0. The molecule has 4 aliphatic rings. The van der Waals surface area contributed by atoms with Gasteiger partial charge < -0.3 is 11.1 Å². The molecule has 0 heterocycles. The molecule has 126 valence electrons. The Bertz CT molecular complexity index is 546. The number of benzene rings is 1.